The Kier molecular flexibility index (Phi) is 2.59. The van der Waals surface area contributed by atoms with E-state index in [1.807, 2.05) is 0 Å². The van der Waals surface area contributed by atoms with E-state index in [9.17, 15) is 9.59 Å². The largest absolute Gasteiger partial charge is 0.480 e. The lowest BCUT2D eigenvalue weighted by molar-refractivity contribution is -0.141. The molecule has 1 atom stereocenters. The fraction of sp³-hybridized carbons (Fsp3) is 0.556. The number of rotatable bonds is 2. The number of aromatic amines is 1. The van der Waals surface area contributed by atoms with Crippen LogP contribution in [-0.2, 0) is 4.79 Å². The maximum atomic E-state index is 11.9. The molecule has 0 unspecified atom stereocenters. The van der Waals surface area contributed by atoms with Gasteiger partial charge >= 0.3 is 5.97 Å². The van der Waals surface area contributed by atoms with Gasteiger partial charge in [-0.1, -0.05) is 0 Å². The molecule has 1 amide bonds. The zero-order chi connectivity index (χ0) is 11.7. The summed E-state index contributed by atoms with van der Waals surface area (Å²) in [4.78, 5) is 28.0. The number of hydrogen-bond donors (Lipinski definition) is 2. The lowest BCUT2D eigenvalue weighted by atomic mass is 10.2. The highest BCUT2D eigenvalue weighted by atomic mass is 16.4. The Balaban J connectivity index is 2.18. The van der Waals surface area contributed by atoms with Crippen LogP contribution in [0.1, 0.15) is 29.3 Å². The molecule has 0 saturated carbocycles. The van der Waals surface area contributed by atoms with Crippen molar-refractivity contribution < 1.29 is 14.7 Å². The molecule has 1 aromatic heterocycles. The molecule has 0 bridgehead atoms. The van der Waals surface area contributed by atoms with E-state index in [0.717, 1.165) is 0 Å². The van der Waals surface area contributed by atoms with E-state index in [-0.39, 0.29) is 5.82 Å². The number of aryl methyl sites for hydroxylation is 1. The molecule has 2 heterocycles. The number of aliphatic carboxylic acids is 1. The summed E-state index contributed by atoms with van der Waals surface area (Å²) in [6.45, 7) is 2.13. The average molecular weight is 224 g/mol. The molecule has 7 nitrogen and oxygen atoms in total. The van der Waals surface area contributed by atoms with Crippen LogP contribution in [0.25, 0.3) is 0 Å². The third-order valence-electron chi connectivity index (χ3n) is 2.59. The van der Waals surface area contributed by atoms with Gasteiger partial charge in [-0.3, -0.25) is 9.89 Å². The number of carbonyl (C=O) groups excluding carboxylic acids is 1. The molecule has 0 aliphatic carbocycles. The SMILES string of the molecule is Cc1nc(C(=O)N2CCC[C@@H]2C(=O)O)n[nH]1. The highest BCUT2D eigenvalue weighted by Gasteiger charge is 2.35. The van der Waals surface area contributed by atoms with Gasteiger partial charge in [-0.25, -0.2) is 9.78 Å². The summed E-state index contributed by atoms with van der Waals surface area (Å²) >= 11 is 0. The van der Waals surface area contributed by atoms with Gasteiger partial charge in [0.2, 0.25) is 5.82 Å². The van der Waals surface area contributed by atoms with Crippen LogP contribution in [0.2, 0.25) is 0 Å². The molecule has 16 heavy (non-hydrogen) atoms. The van der Waals surface area contributed by atoms with Crippen LogP contribution in [-0.4, -0.2) is 49.7 Å². The minimum absolute atomic E-state index is 0.0330. The van der Waals surface area contributed by atoms with Gasteiger partial charge in [-0.05, 0) is 19.8 Å². The van der Waals surface area contributed by atoms with Crippen molar-refractivity contribution in [2.45, 2.75) is 25.8 Å². The zero-order valence-electron chi connectivity index (χ0n) is 8.80. The molecular formula is C9H12N4O3. The van der Waals surface area contributed by atoms with E-state index in [4.69, 9.17) is 5.11 Å². The summed E-state index contributed by atoms with van der Waals surface area (Å²) in [5.41, 5.74) is 0. The molecule has 2 N–H and O–H groups in total. The number of H-pyrrole nitrogens is 1. The predicted molar refractivity (Wildman–Crippen MR) is 52.8 cm³/mol. The molecule has 1 aliphatic rings. The van der Waals surface area contributed by atoms with Gasteiger partial charge in [-0.2, -0.15) is 0 Å². The first-order valence-corrected chi connectivity index (χ1v) is 5.02. The Hall–Kier alpha value is -1.92. The number of nitrogens with one attached hydrogen (secondary N) is 1. The molecule has 7 heteroatoms. The average Bonchev–Trinajstić information content (AvgIpc) is 2.84. The molecule has 2 rings (SSSR count). The highest BCUT2D eigenvalue weighted by molar-refractivity contribution is 5.93. The predicted octanol–water partition coefficient (Wildman–Crippen LogP) is -0.198. The summed E-state index contributed by atoms with van der Waals surface area (Å²) in [5, 5.41) is 15.2. The van der Waals surface area contributed by atoms with E-state index in [2.05, 4.69) is 15.2 Å². The number of hydrogen-bond acceptors (Lipinski definition) is 4. The normalized spacial score (nSPS) is 20.1. The zero-order valence-corrected chi connectivity index (χ0v) is 8.80. The Morgan fingerprint density at radius 1 is 1.56 bits per heavy atom. The Morgan fingerprint density at radius 3 is 2.88 bits per heavy atom. The Labute approximate surface area is 91.5 Å². The van der Waals surface area contributed by atoms with Crippen LogP contribution < -0.4 is 0 Å². The third kappa shape index (κ3) is 1.75. The van der Waals surface area contributed by atoms with E-state index < -0.39 is 17.9 Å². The Bertz CT molecular complexity index is 428. The van der Waals surface area contributed by atoms with Crippen LogP contribution >= 0.6 is 0 Å². The first kappa shape index (κ1) is 10.6. The second-order valence-corrected chi connectivity index (χ2v) is 3.74. The number of carbonyl (C=O) groups is 2. The summed E-state index contributed by atoms with van der Waals surface area (Å²) in [6, 6.07) is -0.744. The van der Waals surface area contributed by atoms with E-state index >= 15 is 0 Å². The number of likely N-dealkylation sites (tertiary alicyclic amines) is 1. The van der Waals surface area contributed by atoms with E-state index in [1.165, 1.54) is 4.90 Å². The summed E-state index contributed by atoms with van der Waals surface area (Å²) in [7, 11) is 0. The molecule has 1 saturated heterocycles. The topological polar surface area (TPSA) is 99.2 Å². The second-order valence-electron chi connectivity index (χ2n) is 3.74. The summed E-state index contributed by atoms with van der Waals surface area (Å²) in [6.07, 6.45) is 1.19. The van der Waals surface area contributed by atoms with E-state index in [0.29, 0.717) is 25.2 Å². The molecule has 1 aliphatic heterocycles. The fourth-order valence-electron chi connectivity index (χ4n) is 1.83. The number of aromatic nitrogens is 3. The van der Waals surface area contributed by atoms with Crippen LogP contribution in [0.3, 0.4) is 0 Å². The van der Waals surface area contributed by atoms with Crippen molar-refractivity contribution in [3.63, 3.8) is 0 Å². The third-order valence-corrected chi connectivity index (χ3v) is 2.59. The van der Waals surface area contributed by atoms with Gasteiger partial charge in [0.05, 0.1) is 0 Å². The smallest absolute Gasteiger partial charge is 0.326 e. The minimum atomic E-state index is -0.974. The standard InChI is InChI=1S/C9H12N4O3/c1-5-10-7(12-11-5)8(14)13-4-2-3-6(13)9(15)16/h6H,2-4H2,1H3,(H,15,16)(H,10,11,12)/t6-/m1/s1. The summed E-state index contributed by atoms with van der Waals surface area (Å²) < 4.78 is 0. The van der Waals surface area contributed by atoms with Gasteiger partial charge in [0.15, 0.2) is 0 Å². The van der Waals surface area contributed by atoms with Gasteiger partial charge < -0.3 is 10.0 Å². The van der Waals surface area contributed by atoms with Crippen LogP contribution in [0.5, 0.6) is 0 Å². The maximum Gasteiger partial charge on any atom is 0.326 e. The van der Waals surface area contributed by atoms with Gasteiger partial charge in [-0.15, -0.1) is 5.10 Å². The lowest BCUT2D eigenvalue weighted by Gasteiger charge is -2.19. The van der Waals surface area contributed by atoms with Crippen LogP contribution in [0.4, 0.5) is 0 Å². The highest BCUT2D eigenvalue weighted by Crippen LogP contribution is 2.19. The number of carboxylic acid groups (broad SMARTS) is 1. The van der Waals surface area contributed by atoms with Crippen molar-refractivity contribution in [3.05, 3.63) is 11.6 Å². The summed E-state index contributed by atoms with van der Waals surface area (Å²) in [5.74, 6) is -0.826. The minimum Gasteiger partial charge on any atom is -0.480 e. The Morgan fingerprint density at radius 2 is 2.31 bits per heavy atom. The van der Waals surface area contributed by atoms with Crippen molar-refractivity contribution in [2.24, 2.45) is 0 Å². The van der Waals surface area contributed by atoms with Gasteiger partial charge in [0, 0.05) is 6.54 Å². The molecule has 1 aromatic rings. The van der Waals surface area contributed by atoms with Crippen molar-refractivity contribution >= 4 is 11.9 Å². The van der Waals surface area contributed by atoms with Crippen LogP contribution in [0.15, 0.2) is 0 Å². The number of amides is 1. The van der Waals surface area contributed by atoms with Gasteiger partial charge in [0.25, 0.3) is 5.91 Å². The number of carboxylic acids is 1. The quantitative estimate of drug-likeness (QED) is 0.724. The second kappa shape index (κ2) is 3.92. The first-order valence-electron chi connectivity index (χ1n) is 5.02. The molecule has 86 valence electrons. The van der Waals surface area contributed by atoms with Crippen molar-refractivity contribution in [1.82, 2.24) is 20.1 Å². The lowest BCUT2D eigenvalue weighted by Crippen LogP contribution is -2.40. The first-order chi connectivity index (χ1) is 7.59. The van der Waals surface area contributed by atoms with E-state index in [1.54, 1.807) is 6.92 Å². The molecule has 0 radical (unpaired) electrons. The number of nitrogens with zero attached hydrogens (tertiary/aromatic N) is 3. The van der Waals surface area contributed by atoms with Crippen LogP contribution in [0, 0.1) is 6.92 Å². The van der Waals surface area contributed by atoms with Crippen molar-refractivity contribution in [2.75, 3.05) is 6.54 Å². The van der Waals surface area contributed by atoms with Crippen molar-refractivity contribution in [3.8, 4) is 0 Å². The maximum absolute atomic E-state index is 11.9. The molecule has 1 fully saturated rings. The molecule has 0 aromatic carbocycles. The van der Waals surface area contributed by atoms with Gasteiger partial charge in [0.1, 0.15) is 11.9 Å². The monoisotopic (exact) mass is 224 g/mol. The van der Waals surface area contributed by atoms with Crippen molar-refractivity contribution in [1.29, 1.82) is 0 Å². The molecular weight excluding hydrogens is 212 g/mol. The fourth-order valence-corrected chi connectivity index (χ4v) is 1.83. The molecule has 0 spiro atoms.